The fourth-order valence-electron chi connectivity index (χ4n) is 9.53. The Labute approximate surface area is 636 Å². The summed E-state index contributed by atoms with van der Waals surface area (Å²) >= 11 is 43.6. The van der Waals surface area contributed by atoms with E-state index in [-0.39, 0.29) is 92.8 Å². The fourth-order valence-corrected chi connectivity index (χ4v) is 11.1. The molecule has 5 amide bonds. The van der Waals surface area contributed by atoms with Gasteiger partial charge in [-0.3, -0.25) is 52.4 Å². The van der Waals surface area contributed by atoms with Crippen molar-refractivity contribution in [1.29, 1.82) is 0 Å². The van der Waals surface area contributed by atoms with Gasteiger partial charge in [0.1, 0.15) is 5.78 Å². The number of carbonyl (C=O) groups is 8. The van der Waals surface area contributed by atoms with E-state index in [9.17, 15) is 38.4 Å². The van der Waals surface area contributed by atoms with Crippen LogP contribution in [0.1, 0.15) is 61.3 Å². The molecule has 0 bridgehead atoms. The van der Waals surface area contributed by atoms with E-state index in [2.05, 4.69) is 67.8 Å². The van der Waals surface area contributed by atoms with E-state index < -0.39 is 53.7 Å². The third-order valence-corrected chi connectivity index (χ3v) is 16.5. The van der Waals surface area contributed by atoms with Gasteiger partial charge in [-0.05, 0) is 144 Å². The number of benzene rings is 4. The van der Waals surface area contributed by atoms with Crippen molar-refractivity contribution in [2.75, 3.05) is 102 Å². The molecule has 0 saturated heterocycles. The second-order valence-corrected chi connectivity index (χ2v) is 23.8. The number of halogens is 2. The molecule has 0 aliphatic heterocycles. The van der Waals surface area contributed by atoms with Crippen LogP contribution >= 0.6 is 49.0 Å². The van der Waals surface area contributed by atoms with Gasteiger partial charge >= 0.3 is 46.9 Å². The first kappa shape index (κ1) is 88.3. The maximum absolute atomic E-state index is 13.9. The number of hydrogen-bond donors (Lipinski definition) is 5. The molecule has 4 aromatic carbocycles. The minimum absolute atomic E-state index is 0.0163. The van der Waals surface area contributed by atoms with E-state index in [1.807, 2.05) is 87.1 Å². The van der Waals surface area contributed by atoms with Crippen LogP contribution in [0.25, 0.3) is 43.1 Å². The molecule has 0 saturated carbocycles. The van der Waals surface area contributed by atoms with Crippen molar-refractivity contribution in [3.8, 4) is 0 Å². The molecular weight excluding hydrogens is 1590 g/mol. The number of primary amides is 1. The molecule has 0 spiro atoms. The molecule has 98 heavy (non-hydrogen) atoms. The molecule has 4 atom stereocenters. The van der Waals surface area contributed by atoms with Crippen LogP contribution in [0.4, 0.5) is 0 Å². The molecule has 0 aliphatic carbocycles. The Balaban J connectivity index is 0.000000486. The van der Waals surface area contributed by atoms with Gasteiger partial charge in [-0.2, -0.15) is 59.3 Å². The summed E-state index contributed by atoms with van der Waals surface area (Å²) in [7, 11) is 0. The summed E-state index contributed by atoms with van der Waals surface area (Å²) in [6.45, 7) is 11.4. The topological polar surface area (TPSA) is 296 Å². The molecule has 0 aliphatic rings. The molecule has 2 aromatic heterocycles. The van der Waals surface area contributed by atoms with Crippen LogP contribution in [-0.2, 0) is 147 Å². The van der Waals surface area contributed by atoms with E-state index in [1.165, 1.54) is 6.92 Å². The van der Waals surface area contributed by atoms with Gasteiger partial charge in [-0.25, -0.2) is 0 Å². The Morgan fingerprint density at radius 3 is 1.17 bits per heavy atom. The van der Waals surface area contributed by atoms with Crippen molar-refractivity contribution in [3.05, 3.63) is 161 Å². The van der Waals surface area contributed by atoms with Gasteiger partial charge in [-0.1, -0.05) is 70.6 Å². The molecule has 6 aromatic rings. The first-order chi connectivity index (χ1) is 47.1. The summed E-state index contributed by atoms with van der Waals surface area (Å²) in [5.74, 6) is -4.18. The quantitative estimate of drug-likeness (QED) is 0.00863. The number of amides is 5. The third kappa shape index (κ3) is 27.0. The van der Waals surface area contributed by atoms with E-state index in [1.54, 1.807) is 71.5 Å². The maximum atomic E-state index is 13.9. The molecule has 0 fully saturated rings. The first-order valence-corrected chi connectivity index (χ1v) is 36.6. The summed E-state index contributed by atoms with van der Waals surface area (Å²) < 4.78 is 12.6. The molecule has 2 heterocycles. The van der Waals surface area contributed by atoms with Gasteiger partial charge in [-0.15, -0.1) is 0 Å². The zero-order chi connectivity index (χ0) is 73.0. The summed E-state index contributed by atoms with van der Waals surface area (Å²) in [5, 5.41) is 33.4. The second-order valence-electron chi connectivity index (χ2n) is 21.1. The Morgan fingerprint density at radius 2 is 0.857 bits per heavy atom. The predicted octanol–water partition coefficient (Wildman–Crippen LogP) is 6.92. The minimum atomic E-state index is -1.10. The zero-order valence-electron chi connectivity index (χ0n) is 54.6. The number of fused-ring (bicyclic) bond motifs is 2. The van der Waals surface area contributed by atoms with Crippen molar-refractivity contribution < 1.29 is 93.3 Å². The molecule has 23 nitrogen and oxygen atoms in total. The molecule has 0 unspecified atom stereocenters. The number of hydroxylamine groups is 4. The van der Waals surface area contributed by atoms with Crippen molar-refractivity contribution in [1.82, 2.24) is 29.9 Å². The van der Waals surface area contributed by atoms with Crippen LogP contribution in [-0.4, -0.2) is 202 Å². The van der Waals surface area contributed by atoms with Crippen LogP contribution in [0.3, 0.4) is 0 Å². The van der Waals surface area contributed by atoms with Crippen LogP contribution in [0.5, 0.6) is 0 Å². The van der Waals surface area contributed by atoms with E-state index in [4.69, 9.17) is 97.5 Å². The van der Waals surface area contributed by atoms with Crippen molar-refractivity contribution >= 4 is 179 Å². The van der Waals surface area contributed by atoms with Crippen LogP contribution in [0, 0.1) is 27.7 Å². The van der Waals surface area contributed by atoms with E-state index in [0.29, 0.717) is 110 Å². The zero-order valence-corrected chi connectivity index (χ0v) is 64.9. The summed E-state index contributed by atoms with van der Waals surface area (Å²) in [6, 6.07) is 20.7. The number of nitrogens with two attached hydrogens (primary N) is 1. The van der Waals surface area contributed by atoms with Crippen molar-refractivity contribution in [3.63, 3.8) is 0 Å². The summed E-state index contributed by atoms with van der Waals surface area (Å²) in [5.41, 5.74) is 11.4. The number of carbonyl (C=O) groups excluding carboxylic acids is 8. The SMILES string of the molecule is CC(=O)[C@H](C[S-])[N-]CC[N-][C@@H](C[S-])C(=O)N(OCCNCCOS)C(=O)Cc1c(C)n(C(=O)c2ccc(Cl)cc2)c2ccc(C)cc12.Cc1ccc2c(c1)c(CC(=O)N(OCCNCCOS)C(=O)[C@H](C[S-])[N-]CC[N-][C@@H](C[S-])C(N)=O)c(C)n2C(=O)c1ccc(Cl)cc1.[CH2]=[99Tc+4].[CH2]=[99Tc+4]. The van der Waals surface area contributed by atoms with Gasteiger partial charge in [0, 0.05) is 69.5 Å². The average Bonchev–Trinajstić information content (AvgIpc) is 1.61. The number of Topliss-reactive ketones (excluding diaryl/α,β-unsaturated/α-hetero) is 1. The van der Waals surface area contributed by atoms with Crippen molar-refractivity contribution in [2.45, 2.75) is 71.6 Å². The van der Waals surface area contributed by atoms with Gasteiger partial charge in [0.25, 0.3) is 23.6 Å². The van der Waals surface area contributed by atoms with E-state index in [0.717, 1.165) is 16.2 Å². The number of aryl methyl sites for hydroxylation is 2. The number of rotatable bonds is 38. The first-order valence-electron chi connectivity index (χ1n) is 30.1. The predicted molar refractivity (Wildman–Crippen MR) is 395 cm³/mol. The summed E-state index contributed by atoms with van der Waals surface area (Å²) in [4.78, 5) is 117. The molecule has 0 radical (unpaired) electrons. The Bertz CT molecular complexity index is 3360. The van der Waals surface area contributed by atoms with Gasteiger partial charge < -0.3 is 101 Å². The van der Waals surface area contributed by atoms with Crippen LogP contribution in [0.15, 0.2) is 84.9 Å². The Kier molecular flexibility index (Phi) is 43.3. The number of aromatic nitrogens is 2. The number of imide groups is 2. The Hall–Kier alpha value is -3.96. The Morgan fingerprint density at radius 1 is 0.531 bits per heavy atom. The molecular formula is C65H79Cl2N11O12S6Tc2. The molecule has 530 valence electrons. The normalized spacial score (nSPS) is 12.3. The molecule has 4 N–H and O–H groups in total. The molecule has 6 rings (SSSR count). The average molecular weight is 1670 g/mol. The number of thiol groups is 2. The number of nitrogens with one attached hydrogen (secondary N) is 2. The standard InChI is InChI=1S/C32H40ClN5O6S3.C31H39ClN6O6S3.2CH2.2Tc/c1-20-4-9-29-26(16-20)25(21(2)37(29)31(41)23-5-7-24(33)8-6-23)17-30(40)38(43-14-12-34-13-15-44-47)32(42)28(19-46)36-11-10-35-27(18-45)22(3)39;1-19-3-8-27-24(15-19)23(20(2)37(27)30(41)21-4-6-22(32)7-5-21)16-28(39)38(43-13-11-34-12-14-44-47)31(42)26(18-46)36-10-9-35-25(17-45)29(33)40;;;;/h4-9,16,27-28,34,45-47H,10-15,17-19H2,1-3H3;3-8,15,25-26,34,45-47H,9-14,16-18H2,1-2H3,(H2,33,40);2*1H2;;/q2*-2;;;2*+4/p-4/t27-,28-;25-,26-;;;;/m00..../s1/i;;;;2*1+1. The van der Waals surface area contributed by atoms with Crippen molar-refractivity contribution in [2.24, 2.45) is 5.73 Å². The third-order valence-electron chi connectivity index (χ3n) is 14.4. The number of hydrogen-bond acceptors (Lipinski definition) is 20. The second kappa shape index (κ2) is 48.1. The monoisotopic (exact) mass is 1670 g/mol. The number of nitrogens with zero attached hydrogens (tertiary/aromatic N) is 8. The number of ketones is 1. The molecule has 33 heteroatoms. The summed E-state index contributed by atoms with van der Waals surface area (Å²) in [6.07, 6.45) is -0.490. The van der Waals surface area contributed by atoms with E-state index >= 15 is 0 Å². The van der Waals surface area contributed by atoms with Gasteiger partial charge in [0.05, 0.1) is 50.3 Å². The van der Waals surface area contributed by atoms with Crippen LogP contribution in [0.2, 0.25) is 10.0 Å². The van der Waals surface area contributed by atoms with Gasteiger partial charge in [0.15, 0.2) is 5.91 Å². The fraction of sp³-hybridized carbons (Fsp3) is 0.415. The van der Waals surface area contributed by atoms with Gasteiger partial charge in [0.2, 0.25) is 11.8 Å². The van der Waals surface area contributed by atoms with Crippen LogP contribution < -0.4 is 16.4 Å².